The van der Waals surface area contributed by atoms with Crippen molar-refractivity contribution >= 4 is 29.7 Å². The van der Waals surface area contributed by atoms with Gasteiger partial charge >= 0.3 is 0 Å². The lowest BCUT2D eigenvalue weighted by Crippen LogP contribution is -2.33. The van der Waals surface area contributed by atoms with Crippen LogP contribution in [0.25, 0.3) is 11.1 Å². The number of halogens is 1. The van der Waals surface area contributed by atoms with E-state index in [0.29, 0.717) is 18.8 Å². The third kappa shape index (κ3) is 5.15. The summed E-state index contributed by atoms with van der Waals surface area (Å²) in [6, 6.07) is 16.2. The van der Waals surface area contributed by atoms with Gasteiger partial charge < -0.3 is 15.4 Å². The number of benzene rings is 2. The number of carbonyl (C=O) groups is 1. The zero-order valence-corrected chi connectivity index (χ0v) is 18.4. The van der Waals surface area contributed by atoms with E-state index in [1.165, 1.54) is 11.3 Å². The Bertz CT molecular complexity index is 943. The van der Waals surface area contributed by atoms with Gasteiger partial charge in [0.2, 0.25) is 0 Å². The molecule has 2 aromatic carbocycles. The quantitative estimate of drug-likeness (QED) is 0.576. The highest BCUT2D eigenvalue weighted by Crippen LogP contribution is 2.28. The summed E-state index contributed by atoms with van der Waals surface area (Å²) in [6.45, 7) is 4.98. The van der Waals surface area contributed by atoms with Gasteiger partial charge in [0, 0.05) is 18.5 Å². The fraction of sp³-hybridized carbons (Fsp3) is 0.273. The molecule has 154 valence electrons. The predicted octanol–water partition coefficient (Wildman–Crippen LogP) is 4.92. The molecule has 0 aliphatic carbocycles. The number of nitrogens with zero attached hydrogens (tertiary/aromatic N) is 2. The van der Waals surface area contributed by atoms with Gasteiger partial charge in [0.05, 0.1) is 13.2 Å². The van der Waals surface area contributed by atoms with Crippen molar-refractivity contribution in [2.45, 2.75) is 26.4 Å². The molecule has 0 saturated carbocycles. The number of carbonyl (C=O) groups excluding carboxylic acids is 1. The topological polar surface area (TPSA) is 68.5 Å². The average Bonchev–Trinajstić information content (AvgIpc) is 3.23. The maximum Gasteiger partial charge on any atom is 0.273 e. The second kappa shape index (κ2) is 10.4. The van der Waals surface area contributed by atoms with E-state index in [0.717, 1.165) is 27.4 Å². The Labute approximate surface area is 181 Å². The molecule has 5 nitrogen and oxygen atoms in total. The number of ether oxygens (including phenoxy) is 1. The van der Waals surface area contributed by atoms with Crippen LogP contribution in [0.3, 0.4) is 0 Å². The van der Waals surface area contributed by atoms with Crippen LogP contribution in [-0.2, 0) is 6.54 Å². The second-order valence-electron chi connectivity index (χ2n) is 6.45. The number of rotatable bonds is 7. The minimum atomic E-state index is -0.0668. The third-order valence-electron chi connectivity index (χ3n) is 4.81. The van der Waals surface area contributed by atoms with Crippen LogP contribution in [0.1, 0.15) is 40.9 Å². The molecule has 0 aliphatic rings. The van der Waals surface area contributed by atoms with Gasteiger partial charge in [0.25, 0.3) is 5.91 Å². The standard InChI is InChI=1S/C22H25N3O2S.ClH/c1-4-25(22(26)20-14-28-21(13-23)24-20)15(2)16-8-10-17(11-9-16)18-6-5-7-19(12-18)27-3;/h5-12,14-15H,4,13,23H2,1-3H3;1H. The molecule has 0 spiro atoms. The van der Waals surface area contributed by atoms with Crippen LogP contribution in [0.4, 0.5) is 0 Å². The Morgan fingerprint density at radius 3 is 2.52 bits per heavy atom. The molecule has 0 bridgehead atoms. The van der Waals surface area contributed by atoms with Gasteiger partial charge in [-0.1, -0.05) is 36.4 Å². The van der Waals surface area contributed by atoms with Crippen molar-refractivity contribution in [1.29, 1.82) is 0 Å². The minimum absolute atomic E-state index is 0. The van der Waals surface area contributed by atoms with Crippen LogP contribution < -0.4 is 10.5 Å². The maximum atomic E-state index is 12.9. The zero-order chi connectivity index (χ0) is 20.1. The first kappa shape index (κ1) is 22.9. The molecule has 1 unspecified atom stereocenters. The lowest BCUT2D eigenvalue weighted by molar-refractivity contribution is 0.0697. The van der Waals surface area contributed by atoms with E-state index in [1.54, 1.807) is 12.5 Å². The van der Waals surface area contributed by atoms with Gasteiger partial charge in [-0.15, -0.1) is 23.7 Å². The van der Waals surface area contributed by atoms with Crippen molar-refractivity contribution in [3.8, 4) is 16.9 Å². The Hall–Kier alpha value is -2.41. The summed E-state index contributed by atoms with van der Waals surface area (Å²) in [6.07, 6.45) is 0. The third-order valence-corrected chi connectivity index (χ3v) is 5.68. The van der Waals surface area contributed by atoms with Crippen molar-refractivity contribution in [2.75, 3.05) is 13.7 Å². The molecule has 1 atom stereocenters. The highest BCUT2D eigenvalue weighted by atomic mass is 35.5. The Balaban J connectivity index is 0.00000300. The number of methoxy groups -OCH3 is 1. The lowest BCUT2D eigenvalue weighted by Gasteiger charge is -2.28. The van der Waals surface area contributed by atoms with Gasteiger partial charge in [-0.25, -0.2) is 4.98 Å². The number of thiazole rings is 1. The summed E-state index contributed by atoms with van der Waals surface area (Å²) in [4.78, 5) is 19.1. The molecule has 1 aromatic heterocycles. The van der Waals surface area contributed by atoms with Crippen LogP contribution in [0.15, 0.2) is 53.9 Å². The fourth-order valence-electron chi connectivity index (χ4n) is 3.18. The first-order valence-electron chi connectivity index (χ1n) is 9.27. The number of nitrogens with two attached hydrogens (primary N) is 1. The molecule has 3 aromatic rings. The van der Waals surface area contributed by atoms with Crippen LogP contribution in [0.5, 0.6) is 5.75 Å². The van der Waals surface area contributed by atoms with Crippen LogP contribution >= 0.6 is 23.7 Å². The van der Waals surface area contributed by atoms with E-state index in [4.69, 9.17) is 10.5 Å². The summed E-state index contributed by atoms with van der Waals surface area (Å²) in [5.41, 5.74) is 9.37. The molecule has 29 heavy (non-hydrogen) atoms. The highest BCUT2D eigenvalue weighted by Gasteiger charge is 2.23. The van der Waals surface area contributed by atoms with Gasteiger partial charge in [-0.05, 0) is 42.7 Å². The number of aromatic nitrogens is 1. The van der Waals surface area contributed by atoms with E-state index in [1.807, 2.05) is 36.9 Å². The summed E-state index contributed by atoms with van der Waals surface area (Å²) < 4.78 is 5.31. The Morgan fingerprint density at radius 1 is 1.21 bits per heavy atom. The first-order valence-corrected chi connectivity index (χ1v) is 10.1. The SMILES string of the molecule is CCN(C(=O)c1csc(CN)n1)C(C)c1ccc(-c2cccc(OC)c2)cc1.Cl. The summed E-state index contributed by atoms with van der Waals surface area (Å²) in [7, 11) is 1.67. The summed E-state index contributed by atoms with van der Waals surface area (Å²) in [5, 5.41) is 2.56. The van der Waals surface area contributed by atoms with E-state index in [2.05, 4.69) is 35.3 Å². The molecule has 0 radical (unpaired) electrons. The molecule has 0 fully saturated rings. The summed E-state index contributed by atoms with van der Waals surface area (Å²) >= 11 is 1.42. The molecule has 0 aliphatic heterocycles. The summed E-state index contributed by atoms with van der Waals surface area (Å²) in [5.74, 6) is 0.764. The van der Waals surface area contributed by atoms with Crippen molar-refractivity contribution < 1.29 is 9.53 Å². The van der Waals surface area contributed by atoms with E-state index >= 15 is 0 Å². The van der Waals surface area contributed by atoms with Crippen molar-refractivity contribution in [2.24, 2.45) is 5.73 Å². The largest absolute Gasteiger partial charge is 0.497 e. The van der Waals surface area contributed by atoms with Gasteiger partial charge in [0.15, 0.2) is 0 Å². The van der Waals surface area contributed by atoms with Gasteiger partial charge in [-0.3, -0.25) is 4.79 Å². The molecular formula is C22H26ClN3O2S. The average molecular weight is 432 g/mol. The number of hydrogen-bond acceptors (Lipinski definition) is 5. The van der Waals surface area contributed by atoms with Crippen LogP contribution in [0.2, 0.25) is 0 Å². The molecule has 2 N–H and O–H groups in total. The van der Waals surface area contributed by atoms with E-state index in [-0.39, 0.29) is 24.4 Å². The van der Waals surface area contributed by atoms with E-state index in [9.17, 15) is 4.79 Å². The number of hydrogen-bond donors (Lipinski definition) is 1. The molecule has 1 amide bonds. The van der Waals surface area contributed by atoms with Crippen molar-refractivity contribution in [3.05, 3.63) is 70.2 Å². The first-order chi connectivity index (χ1) is 13.6. The van der Waals surface area contributed by atoms with Gasteiger partial charge in [0.1, 0.15) is 16.5 Å². The molecular weight excluding hydrogens is 406 g/mol. The maximum absolute atomic E-state index is 12.9. The molecule has 7 heteroatoms. The molecule has 1 heterocycles. The number of amides is 1. The zero-order valence-electron chi connectivity index (χ0n) is 16.8. The second-order valence-corrected chi connectivity index (χ2v) is 7.39. The smallest absolute Gasteiger partial charge is 0.273 e. The molecule has 0 saturated heterocycles. The van der Waals surface area contributed by atoms with Crippen LogP contribution in [-0.4, -0.2) is 29.4 Å². The highest BCUT2D eigenvalue weighted by molar-refractivity contribution is 7.09. The molecule has 3 rings (SSSR count). The normalized spacial score (nSPS) is 11.4. The monoisotopic (exact) mass is 431 g/mol. The Morgan fingerprint density at radius 2 is 1.93 bits per heavy atom. The van der Waals surface area contributed by atoms with Crippen molar-refractivity contribution in [1.82, 2.24) is 9.88 Å². The van der Waals surface area contributed by atoms with Gasteiger partial charge in [-0.2, -0.15) is 0 Å². The van der Waals surface area contributed by atoms with Crippen molar-refractivity contribution in [3.63, 3.8) is 0 Å². The minimum Gasteiger partial charge on any atom is -0.497 e. The van der Waals surface area contributed by atoms with Crippen LogP contribution in [0, 0.1) is 0 Å². The Kier molecular flexibility index (Phi) is 8.20. The van der Waals surface area contributed by atoms with E-state index < -0.39 is 0 Å². The fourth-order valence-corrected chi connectivity index (χ4v) is 3.83. The predicted molar refractivity (Wildman–Crippen MR) is 121 cm³/mol. The lowest BCUT2D eigenvalue weighted by atomic mass is 10.0.